The second-order valence-electron chi connectivity index (χ2n) is 6.11. The van der Waals surface area contributed by atoms with Crippen LogP contribution in [-0.2, 0) is 21.1 Å². The highest BCUT2D eigenvalue weighted by atomic mass is 32.2. The van der Waals surface area contributed by atoms with Crippen molar-refractivity contribution in [2.75, 3.05) is 19.5 Å². The van der Waals surface area contributed by atoms with E-state index in [1.165, 1.54) is 48.9 Å². The number of aromatic nitrogens is 1. The second-order valence-corrected chi connectivity index (χ2v) is 9.40. The Morgan fingerprint density at radius 3 is 2.69 bits per heavy atom. The fourth-order valence-electron chi connectivity index (χ4n) is 2.75. The van der Waals surface area contributed by atoms with Crippen LogP contribution >= 0.6 is 11.3 Å². The second kappa shape index (κ2) is 8.52. The summed E-state index contributed by atoms with van der Waals surface area (Å²) in [5.41, 5.74) is 0.212. The summed E-state index contributed by atoms with van der Waals surface area (Å²) in [6.45, 7) is 1.95. The van der Waals surface area contributed by atoms with Gasteiger partial charge in [-0.1, -0.05) is 24.3 Å². The maximum Gasteiger partial charge on any atom is 0.279 e. The number of ether oxygens (including phenoxy) is 1. The Hall–Kier alpha value is -2.43. The number of benzene rings is 2. The minimum atomic E-state index is -3.48. The molecule has 29 heavy (non-hydrogen) atoms. The van der Waals surface area contributed by atoms with Crippen LogP contribution in [0.15, 0.2) is 46.3 Å². The zero-order valence-electron chi connectivity index (χ0n) is 15.7. The van der Waals surface area contributed by atoms with E-state index >= 15 is 0 Å². The first-order chi connectivity index (χ1) is 13.8. The molecule has 0 bridgehead atoms. The van der Waals surface area contributed by atoms with E-state index in [0.717, 1.165) is 17.4 Å². The number of halogens is 2. The molecular weight excluding hydrogens is 422 g/mol. The van der Waals surface area contributed by atoms with Crippen molar-refractivity contribution in [2.45, 2.75) is 18.4 Å². The SMILES string of the molecule is CCS(=O)(=O)c1cccc(C(=O)N=c2sc3cc(F)cc(F)c3n2CCOC)c1. The van der Waals surface area contributed by atoms with Crippen LogP contribution in [0, 0.1) is 11.6 Å². The number of sulfone groups is 1. The zero-order valence-corrected chi connectivity index (χ0v) is 17.3. The molecule has 0 saturated carbocycles. The molecule has 1 aromatic heterocycles. The highest BCUT2D eigenvalue weighted by molar-refractivity contribution is 7.91. The lowest BCUT2D eigenvalue weighted by Gasteiger charge is -2.05. The predicted octanol–water partition coefficient (Wildman–Crippen LogP) is 3.16. The number of rotatable bonds is 6. The molecule has 1 heterocycles. The molecule has 2 aromatic carbocycles. The van der Waals surface area contributed by atoms with Crippen molar-refractivity contribution in [3.8, 4) is 0 Å². The van der Waals surface area contributed by atoms with Gasteiger partial charge in [0, 0.05) is 25.3 Å². The van der Waals surface area contributed by atoms with E-state index < -0.39 is 27.4 Å². The van der Waals surface area contributed by atoms with Crippen molar-refractivity contribution in [2.24, 2.45) is 4.99 Å². The number of hydrogen-bond donors (Lipinski definition) is 0. The monoisotopic (exact) mass is 440 g/mol. The van der Waals surface area contributed by atoms with Crippen molar-refractivity contribution < 1.29 is 26.7 Å². The van der Waals surface area contributed by atoms with Crippen LogP contribution in [0.5, 0.6) is 0 Å². The Balaban J connectivity index is 2.14. The molecule has 1 amide bonds. The molecular formula is C19H18F2N2O4S2. The summed E-state index contributed by atoms with van der Waals surface area (Å²) in [6, 6.07) is 7.52. The number of nitrogens with zero attached hydrogens (tertiary/aromatic N) is 2. The number of hydrogen-bond acceptors (Lipinski definition) is 5. The first kappa shape index (κ1) is 21.3. The third-order valence-corrected chi connectivity index (χ3v) is 6.99. The first-order valence-corrected chi connectivity index (χ1v) is 11.1. The minimum Gasteiger partial charge on any atom is -0.383 e. The third-order valence-electron chi connectivity index (χ3n) is 4.23. The van der Waals surface area contributed by atoms with Gasteiger partial charge < -0.3 is 9.30 Å². The quantitative estimate of drug-likeness (QED) is 0.590. The van der Waals surface area contributed by atoms with Gasteiger partial charge in [-0.05, 0) is 24.3 Å². The number of fused-ring (bicyclic) bond motifs is 1. The van der Waals surface area contributed by atoms with Gasteiger partial charge in [0.05, 0.1) is 27.5 Å². The largest absolute Gasteiger partial charge is 0.383 e. The molecule has 0 N–H and O–H groups in total. The van der Waals surface area contributed by atoms with Crippen LogP contribution in [0.3, 0.4) is 0 Å². The molecule has 3 aromatic rings. The van der Waals surface area contributed by atoms with Crippen LogP contribution in [0.1, 0.15) is 17.3 Å². The molecule has 0 aliphatic rings. The number of amides is 1. The van der Waals surface area contributed by atoms with Crippen molar-refractivity contribution in [1.29, 1.82) is 0 Å². The number of carbonyl (C=O) groups excluding carboxylic acids is 1. The van der Waals surface area contributed by atoms with Gasteiger partial charge in [0.25, 0.3) is 5.91 Å². The van der Waals surface area contributed by atoms with Crippen molar-refractivity contribution in [3.05, 3.63) is 58.4 Å². The summed E-state index contributed by atoms with van der Waals surface area (Å²) in [5.74, 6) is -2.28. The van der Waals surface area contributed by atoms with Gasteiger partial charge in [-0.25, -0.2) is 17.2 Å². The van der Waals surface area contributed by atoms with Gasteiger partial charge in [-0.15, -0.1) is 0 Å². The van der Waals surface area contributed by atoms with Gasteiger partial charge in [-0.3, -0.25) is 4.79 Å². The lowest BCUT2D eigenvalue weighted by molar-refractivity contribution is 0.0997. The Bertz CT molecular complexity index is 1250. The maximum absolute atomic E-state index is 14.3. The normalized spacial score (nSPS) is 12.6. The van der Waals surface area contributed by atoms with Crippen LogP contribution in [0.4, 0.5) is 8.78 Å². The molecule has 0 unspecified atom stereocenters. The molecule has 0 radical (unpaired) electrons. The molecule has 6 nitrogen and oxygen atoms in total. The van der Waals surface area contributed by atoms with Gasteiger partial charge in [0.1, 0.15) is 5.82 Å². The van der Waals surface area contributed by atoms with Crippen molar-refractivity contribution in [3.63, 3.8) is 0 Å². The van der Waals surface area contributed by atoms with Gasteiger partial charge in [0.2, 0.25) is 0 Å². The smallest absolute Gasteiger partial charge is 0.279 e. The fraction of sp³-hybridized carbons (Fsp3) is 0.263. The Labute approximate surface area is 170 Å². The van der Waals surface area contributed by atoms with E-state index in [0.29, 0.717) is 4.70 Å². The van der Waals surface area contributed by atoms with Crippen LogP contribution in [-0.4, -0.2) is 38.4 Å². The summed E-state index contributed by atoms with van der Waals surface area (Å²) < 4.78 is 58.8. The average molecular weight is 440 g/mol. The predicted molar refractivity (Wildman–Crippen MR) is 106 cm³/mol. The third kappa shape index (κ3) is 4.44. The van der Waals surface area contributed by atoms with E-state index in [9.17, 15) is 22.0 Å². The summed E-state index contributed by atoms with van der Waals surface area (Å²) in [6.07, 6.45) is 0. The fourth-order valence-corrected chi connectivity index (χ4v) is 4.76. The molecule has 0 atom stereocenters. The number of methoxy groups -OCH3 is 1. The number of thiazole rings is 1. The first-order valence-electron chi connectivity index (χ1n) is 8.66. The highest BCUT2D eigenvalue weighted by Gasteiger charge is 2.16. The Morgan fingerprint density at radius 2 is 2.00 bits per heavy atom. The Morgan fingerprint density at radius 1 is 1.24 bits per heavy atom. The standard InChI is InChI=1S/C19H18F2N2O4S2/c1-3-29(25,26)14-6-4-5-12(9-14)18(24)22-19-23(7-8-27-2)17-15(21)10-13(20)11-16(17)28-19/h4-6,9-11H,3,7-8H2,1-2H3. The van der Waals surface area contributed by atoms with E-state index in [4.69, 9.17) is 4.74 Å². The van der Waals surface area contributed by atoms with E-state index in [1.807, 2.05) is 0 Å². The highest BCUT2D eigenvalue weighted by Crippen LogP contribution is 2.22. The maximum atomic E-state index is 14.3. The minimum absolute atomic E-state index is 0.0257. The summed E-state index contributed by atoms with van der Waals surface area (Å²) in [4.78, 5) is 16.9. The molecule has 3 rings (SSSR count). The van der Waals surface area contributed by atoms with Crippen LogP contribution in [0.2, 0.25) is 0 Å². The topological polar surface area (TPSA) is 77.7 Å². The zero-order chi connectivity index (χ0) is 21.2. The van der Waals surface area contributed by atoms with E-state index in [2.05, 4.69) is 4.99 Å². The lowest BCUT2D eigenvalue weighted by Crippen LogP contribution is -2.20. The van der Waals surface area contributed by atoms with Gasteiger partial charge in [0.15, 0.2) is 20.5 Å². The van der Waals surface area contributed by atoms with Crippen molar-refractivity contribution in [1.82, 2.24) is 4.57 Å². The molecule has 154 valence electrons. The van der Waals surface area contributed by atoms with E-state index in [1.54, 1.807) is 0 Å². The molecule has 0 saturated heterocycles. The lowest BCUT2D eigenvalue weighted by atomic mass is 10.2. The molecule has 0 aliphatic carbocycles. The summed E-state index contributed by atoms with van der Waals surface area (Å²) in [7, 11) is -2.00. The molecule has 0 spiro atoms. The molecule has 10 heteroatoms. The average Bonchev–Trinajstić information content (AvgIpc) is 3.03. The summed E-state index contributed by atoms with van der Waals surface area (Å²) in [5, 5.41) is 0. The number of carbonyl (C=O) groups is 1. The van der Waals surface area contributed by atoms with E-state index in [-0.39, 0.29) is 39.7 Å². The van der Waals surface area contributed by atoms with Gasteiger partial charge in [-0.2, -0.15) is 4.99 Å². The van der Waals surface area contributed by atoms with Crippen LogP contribution < -0.4 is 4.80 Å². The Kier molecular flexibility index (Phi) is 6.25. The molecule has 0 aliphatic heterocycles. The molecule has 0 fully saturated rings. The van der Waals surface area contributed by atoms with Gasteiger partial charge >= 0.3 is 0 Å². The van der Waals surface area contributed by atoms with Crippen molar-refractivity contribution >= 4 is 37.3 Å². The summed E-state index contributed by atoms with van der Waals surface area (Å²) >= 11 is 0.962. The van der Waals surface area contributed by atoms with Crippen LogP contribution in [0.25, 0.3) is 10.2 Å².